The van der Waals surface area contributed by atoms with Crippen LogP contribution in [0, 0.1) is 0 Å². The highest BCUT2D eigenvalue weighted by Crippen LogP contribution is 2.20. The van der Waals surface area contributed by atoms with Gasteiger partial charge in [0, 0.05) is 40.4 Å². The summed E-state index contributed by atoms with van der Waals surface area (Å²) in [6.45, 7) is 0.901. The maximum absolute atomic E-state index is 12.3. The minimum absolute atomic E-state index is 0.00248. The Balaban J connectivity index is 1.38. The van der Waals surface area contributed by atoms with Gasteiger partial charge >= 0.3 is 0 Å². The largest absolute Gasteiger partial charge is 0.361 e. The Morgan fingerprint density at radius 1 is 1.16 bits per heavy atom. The number of aromatic amines is 1. The second kappa shape index (κ2) is 6.65. The number of hydrogen-bond donors (Lipinski definition) is 2. The highest BCUT2D eigenvalue weighted by molar-refractivity contribution is 6.31. The van der Waals surface area contributed by atoms with Gasteiger partial charge in [-0.05, 0) is 41.6 Å². The van der Waals surface area contributed by atoms with Crippen LogP contribution in [0.3, 0.4) is 0 Å². The quantitative estimate of drug-likeness (QED) is 0.558. The van der Waals surface area contributed by atoms with Crippen LogP contribution in [-0.4, -0.2) is 22.0 Å². The first-order valence-electron chi connectivity index (χ1n) is 8.27. The molecule has 25 heavy (non-hydrogen) atoms. The molecule has 2 aromatic heterocycles. The van der Waals surface area contributed by atoms with E-state index in [2.05, 4.69) is 22.4 Å². The lowest BCUT2D eigenvalue weighted by atomic mass is 10.1. The molecule has 0 saturated heterocycles. The van der Waals surface area contributed by atoms with E-state index in [0.29, 0.717) is 11.6 Å². The predicted molar refractivity (Wildman–Crippen MR) is 102 cm³/mol. The second-order valence-corrected chi connectivity index (χ2v) is 6.54. The molecule has 4 aromatic rings. The maximum atomic E-state index is 12.3. The molecule has 0 unspecified atom stereocenters. The van der Waals surface area contributed by atoms with Gasteiger partial charge in [0.15, 0.2) is 0 Å². The van der Waals surface area contributed by atoms with Crippen LogP contribution in [-0.2, 0) is 17.8 Å². The number of nitrogens with zero attached hydrogens (tertiary/aromatic N) is 1. The molecular formula is C20H18ClN3O. The lowest BCUT2D eigenvalue weighted by molar-refractivity contribution is -0.121. The number of rotatable bonds is 5. The van der Waals surface area contributed by atoms with Crippen LogP contribution >= 0.6 is 11.6 Å². The van der Waals surface area contributed by atoms with Gasteiger partial charge in [-0.3, -0.25) is 4.79 Å². The first-order valence-corrected chi connectivity index (χ1v) is 8.64. The van der Waals surface area contributed by atoms with Crippen LogP contribution in [0.5, 0.6) is 0 Å². The Hall–Kier alpha value is -2.72. The number of H-pyrrole nitrogens is 1. The molecule has 2 N–H and O–H groups in total. The molecule has 0 aliphatic heterocycles. The van der Waals surface area contributed by atoms with Crippen LogP contribution < -0.4 is 5.32 Å². The van der Waals surface area contributed by atoms with E-state index in [1.807, 2.05) is 53.4 Å². The van der Waals surface area contributed by atoms with Crippen molar-refractivity contribution < 1.29 is 4.79 Å². The third kappa shape index (κ3) is 3.26. The third-order valence-corrected chi connectivity index (χ3v) is 4.68. The Morgan fingerprint density at radius 2 is 2.04 bits per heavy atom. The zero-order chi connectivity index (χ0) is 17.2. The molecule has 0 bridgehead atoms. The number of halogens is 1. The zero-order valence-electron chi connectivity index (χ0n) is 13.6. The first-order chi connectivity index (χ1) is 12.2. The van der Waals surface area contributed by atoms with Crippen molar-refractivity contribution in [1.82, 2.24) is 14.9 Å². The van der Waals surface area contributed by atoms with Crippen molar-refractivity contribution in [2.24, 2.45) is 0 Å². The monoisotopic (exact) mass is 351 g/mol. The molecule has 0 aliphatic carbocycles. The van der Waals surface area contributed by atoms with E-state index in [1.54, 1.807) is 0 Å². The summed E-state index contributed by atoms with van der Waals surface area (Å²) in [5.41, 5.74) is 3.31. The number of amides is 1. The van der Waals surface area contributed by atoms with Gasteiger partial charge < -0.3 is 14.9 Å². The number of aromatic nitrogens is 2. The van der Waals surface area contributed by atoms with E-state index >= 15 is 0 Å². The summed E-state index contributed by atoms with van der Waals surface area (Å²) in [6, 6.07) is 15.9. The Kier molecular flexibility index (Phi) is 4.20. The normalized spacial score (nSPS) is 11.2. The van der Waals surface area contributed by atoms with Gasteiger partial charge in [-0.2, -0.15) is 0 Å². The average Bonchev–Trinajstić information content (AvgIpc) is 3.20. The summed E-state index contributed by atoms with van der Waals surface area (Å²) in [6.07, 6.45) is 4.73. The van der Waals surface area contributed by atoms with Crippen LogP contribution in [0.15, 0.2) is 60.9 Å². The van der Waals surface area contributed by atoms with Gasteiger partial charge in [-0.25, -0.2) is 0 Å². The molecule has 1 amide bonds. The molecule has 0 saturated carbocycles. The van der Waals surface area contributed by atoms with Crippen LogP contribution in [0.1, 0.15) is 5.56 Å². The van der Waals surface area contributed by atoms with E-state index < -0.39 is 0 Å². The summed E-state index contributed by atoms with van der Waals surface area (Å²) >= 11 is 6.06. The molecule has 0 fully saturated rings. The standard InChI is InChI=1S/C20H18ClN3O/c21-16-6-5-14-8-10-24(19(14)11-16)13-20(25)22-9-7-15-12-23-18-4-2-1-3-17(15)18/h1-6,8,10-12,23H,7,9,13H2,(H,22,25). The Labute approximate surface area is 150 Å². The minimum atomic E-state index is -0.00248. The third-order valence-electron chi connectivity index (χ3n) is 4.44. The summed E-state index contributed by atoms with van der Waals surface area (Å²) in [7, 11) is 0. The van der Waals surface area contributed by atoms with Crippen molar-refractivity contribution >= 4 is 39.3 Å². The molecule has 4 rings (SSSR count). The highest BCUT2D eigenvalue weighted by Gasteiger charge is 2.08. The molecule has 2 heterocycles. The number of nitrogens with one attached hydrogen (secondary N) is 2. The highest BCUT2D eigenvalue weighted by atomic mass is 35.5. The van der Waals surface area contributed by atoms with Crippen molar-refractivity contribution in [2.45, 2.75) is 13.0 Å². The molecule has 0 aliphatic rings. The molecular weight excluding hydrogens is 334 g/mol. The Bertz CT molecular complexity index is 1050. The van der Waals surface area contributed by atoms with Gasteiger partial charge in [0.25, 0.3) is 0 Å². The number of carbonyl (C=O) groups is 1. The zero-order valence-corrected chi connectivity index (χ0v) is 14.4. The first kappa shape index (κ1) is 15.8. The van der Waals surface area contributed by atoms with Crippen molar-refractivity contribution in [1.29, 1.82) is 0 Å². The average molecular weight is 352 g/mol. The van der Waals surface area contributed by atoms with Gasteiger partial charge in [0.05, 0.1) is 0 Å². The lowest BCUT2D eigenvalue weighted by Gasteiger charge is -2.07. The van der Waals surface area contributed by atoms with E-state index in [0.717, 1.165) is 22.8 Å². The fraction of sp³-hybridized carbons (Fsp3) is 0.150. The van der Waals surface area contributed by atoms with Crippen molar-refractivity contribution in [2.75, 3.05) is 6.54 Å². The number of hydrogen-bond acceptors (Lipinski definition) is 1. The van der Waals surface area contributed by atoms with Gasteiger partial charge in [-0.1, -0.05) is 35.9 Å². The topological polar surface area (TPSA) is 49.8 Å². The van der Waals surface area contributed by atoms with Crippen molar-refractivity contribution in [3.63, 3.8) is 0 Å². The van der Waals surface area contributed by atoms with E-state index in [-0.39, 0.29) is 12.5 Å². The Morgan fingerprint density at radius 3 is 2.96 bits per heavy atom. The molecule has 0 spiro atoms. The smallest absolute Gasteiger partial charge is 0.239 e. The van der Waals surface area contributed by atoms with Crippen LogP contribution in [0.25, 0.3) is 21.8 Å². The summed E-state index contributed by atoms with van der Waals surface area (Å²) in [5.74, 6) is -0.00248. The minimum Gasteiger partial charge on any atom is -0.361 e. The van der Waals surface area contributed by atoms with Gasteiger partial charge in [0.2, 0.25) is 5.91 Å². The SMILES string of the molecule is O=C(Cn1ccc2ccc(Cl)cc21)NCCc1c[nH]c2ccccc12. The summed E-state index contributed by atoms with van der Waals surface area (Å²) < 4.78 is 1.92. The molecule has 126 valence electrons. The maximum Gasteiger partial charge on any atom is 0.239 e. The van der Waals surface area contributed by atoms with E-state index in [4.69, 9.17) is 11.6 Å². The van der Waals surface area contributed by atoms with E-state index in [9.17, 15) is 4.79 Å². The number of para-hydroxylation sites is 1. The number of fused-ring (bicyclic) bond motifs is 2. The predicted octanol–water partition coefficient (Wildman–Crippen LogP) is 4.13. The van der Waals surface area contributed by atoms with Crippen molar-refractivity contribution in [3.05, 3.63) is 71.5 Å². The lowest BCUT2D eigenvalue weighted by Crippen LogP contribution is -2.29. The van der Waals surface area contributed by atoms with Gasteiger partial charge in [0.1, 0.15) is 6.54 Å². The summed E-state index contributed by atoms with van der Waals surface area (Å²) in [5, 5.41) is 5.96. The molecule has 0 atom stereocenters. The van der Waals surface area contributed by atoms with Crippen LogP contribution in [0.4, 0.5) is 0 Å². The molecule has 4 nitrogen and oxygen atoms in total. The second-order valence-electron chi connectivity index (χ2n) is 6.11. The van der Waals surface area contributed by atoms with Gasteiger partial charge in [-0.15, -0.1) is 0 Å². The molecule has 5 heteroatoms. The fourth-order valence-corrected chi connectivity index (χ4v) is 3.35. The number of benzene rings is 2. The summed E-state index contributed by atoms with van der Waals surface area (Å²) in [4.78, 5) is 15.5. The van der Waals surface area contributed by atoms with Crippen LogP contribution in [0.2, 0.25) is 5.02 Å². The molecule has 2 aromatic carbocycles. The fourth-order valence-electron chi connectivity index (χ4n) is 3.18. The molecule has 0 radical (unpaired) electrons. The van der Waals surface area contributed by atoms with E-state index in [1.165, 1.54) is 10.9 Å². The number of carbonyl (C=O) groups excluding carboxylic acids is 1. The van der Waals surface area contributed by atoms with Crippen molar-refractivity contribution in [3.8, 4) is 0 Å².